The van der Waals surface area contributed by atoms with Crippen LogP contribution in [0, 0.1) is 5.82 Å². The molecule has 0 aromatic heterocycles. The molecule has 1 aliphatic heterocycles. The van der Waals surface area contributed by atoms with Crippen molar-refractivity contribution in [2.45, 2.75) is 37.8 Å². The second-order valence-corrected chi connectivity index (χ2v) is 6.64. The molecular weight excluding hydrogens is 345 g/mol. The number of rotatable bonds is 9. The zero-order chi connectivity index (χ0) is 19.6. The standard InChI is InChI=1S/C21H28FN3O2/c1-2-3-4-11-20(24)27-15-18-9-7-12-25(18)21(26)14-17(23)13-16-8-5-6-10-19(16)22/h2-6,8,10-11,17-18H,1,7,9,12-15,23-24H2/b4-3-,20-11+/t17-,18+/m1/s1. The van der Waals surface area contributed by atoms with Crippen LogP contribution in [0.5, 0.6) is 0 Å². The molecule has 1 amide bonds. The van der Waals surface area contributed by atoms with Gasteiger partial charge >= 0.3 is 0 Å². The van der Waals surface area contributed by atoms with Crippen molar-refractivity contribution in [3.05, 3.63) is 72.4 Å². The summed E-state index contributed by atoms with van der Waals surface area (Å²) in [6.07, 6.45) is 9.07. The van der Waals surface area contributed by atoms with E-state index >= 15 is 0 Å². The van der Waals surface area contributed by atoms with Crippen LogP contribution in [-0.4, -0.2) is 36.0 Å². The van der Waals surface area contributed by atoms with Gasteiger partial charge in [0, 0.05) is 19.0 Å². The molecule has 0 saturated carbocycles. The molecule has 5 nitrogen and oxygen atoms in total. The topological polar surface area (TPSA) is 81.6 Å². The van der Waals surface area contributed by atoms with Crippen molar-refractivity contribution in [2.24, 2.45) is 11.5 Å². The maximum atomic E-state index is 13.7. The lowest BCUT2D eigenvalue weighted by atomic mass is 10.0. The number of ether oxygens (including phenoxy) is 1. The predicted octanol–water partition coefficient (Wildman–Crippen LogP) is 2.64. The molecule has 2 rings (SSSR count). The Balaban J connectivity index is 1.85. The number of halogens is 1. The largest absolute Gasteiger partial charge is 0.477 e. The van der Waals surface area contributed by atoms with Crippen LogP contribution in [0.3, 0.4) is 0 Å². The highest BCUT2D eigenvalue weighted by Gasteiger charge is 2.30. The number of nitrogens with two attached hydrogens (primary N) is 2. The van der Waals surface area contributed by atoms with Gasteiger partial charge in [-0.15, -0.1) is 0 Å². The van der Waals surface area contributed by atoms with Crippen LogP contribution in [-0.2, 0) is 16.0 Å². The first-order valence-corrected chi connectivity index (χ1v) is 9.17. The second-order valence-electron chi connectivity index (χ2n) is 6.64. The Hall–Kier alpha value is -2.60. The van der Waals surface area contributed by atoms with E-state index in [1.54, 1.807) is 47.4 Å². The van der Waals surface area contributed by atoms with Gasteiger partial charge < -0.3 is 21.1 Å². The van der Waals surface area contributed by atoms with E-state index in [0.29, 0.717) is 31.0 Å². The Kier molecular flexibility index (Phi) is 8.07. The van der Waals surface area contributed by atoms with Crippen LogP contribution in [0.4, 0.5) is 4.39 Å². The van der Waals surface area contributed by atoms with Crippen molar-refractivity contribution < 1.29 is 13.9 Å². The molecule has 1 heterocycles. The molecule has 1 aromatic rings. The molecule has 4 N–H and O–H groups in total. The number of likely N-dealkylation sites (tertiary alicyclic amines) is 1. The minimum Gasteiger partial charge on any atom is -0.477 e. The molecule has 1 saturated heterocycles. The van der Waals surface area contributed by atoms with Gasteiger partial charge in [0.25, 0.3) is 0 Å². The van der Waals surface area contributed by atoms with Crippen molar-refractivity contribution in [3.63, 3.8) is 0 Å². The third-order valence-electron chi connectivity index (χ3n) is 4.52. The SMILES string of the molecule is C=C/C=C\C=C(/N)OC[C@@H]1CCCN1C(=O)C[C@H](N)Cc1ccccc1F. The van der Waals surface area contributed by atoms with Crippen molar-refractivity contribution in [1.82, 2.24) is 4.90 Å². The maximum Gasteiger partial charge on any atom is 0.224 e. The minimum absolute atomic E-state index is 0.0199. The summed E-state index contributed by atoms with van der Waals surface area (Å²) in [5, 5.41) is 0. The van der Waals surface area contributed by atoms with E-state index in [-0.39, 0.29) is 24.2 Å². The van der Waals surface area contributed by atoms with Gasteiger partial charge in [-0.25, -0.2) is 4.39 Å². The third-order valence-corrected chi connectivity index (χ3v) is 4.52. The first-order chi connectivity index (χ1) is 13.0. The lowest BCUT2D eigenvalue weighted by molar-refractivity contribution is -0.133. The Morgan fingerprint density at radius 3 is 2.93 bits per heavy atom. The van der Waals surface area contributed by atoms with Crippen LogP contribution in [0.1, 0.15) is 24.8 Å². The van der Waals surface area contributed by atoms with E-state index in [1.807, 2.05) is 0 Å². The Morgan fingerprint density at radius 2 is 2.19 bits per heavy atom. The van der Waals surface area contributed by atoms with Gasteiger partial charge in [0.05, 0.1) is 6.04 Å². The van der Waals surface area contributed by atoms with Gasteiger partial charge in [0.2, 0.25) is 5.91 Å². The highest BCUT2D eigenvalue weighted by atomic mass is 19.1. The molecule has 6 heteroatoms. The molecule has 0 radical (unpaired) electrons. The van der Waals surface area contributed by atoms with Gasteiger partial charge in [-0.2, -0.15) is 0 Å². The molecule has 27 heavy (non-hydrogen) atoms. The Bertz CT molecular complexity index is 702. The Labute approximate surface area is 160 Å². The fraction of sp³-hybridized carbons (Fsp3) is 0.381. The number of nitrogens with zero attached hydrogens (tertiary/aromatic N) is 1. The fourth-order valence-electron chi connectivity index (χ4n) is 3.17. The number of benzene rings is 1. The summed E-state index contributed by atoms with van der Waals surface area (Å²) in [4.78, 5) is 14.4. The molecule has 0 bridgehead atoms. The van der Waals surface area contributed by atoms with Gasteiger partial charge in [-0.1, -0.05) is 43.0 Å². The number of allylic oxidation sites excluding steroid dienone is 4. The minimum atomic E-state index is -0.425. The summed E-state index contributed by atoms with van der Waals surface area (Å²) in [6, 6.07) is 6.06. The Morgan fingerprint density at radius 1 is 1.41 bits per heavy atom. The van der Waals surface area contributed by atoms with Gasteiger partial charge in [-0.3, -0.25) is 4.79 Å². The molecule has 146 valence electrons. The monoisotopic (exact) mass is 373 g/mol. The normalized spacial score (nSPS) is 18.7. The van der Waals surface area contributed by atoms with Crippen LogP contribution in [0.25, 0.3) is 0 Å². The van der Waals surface area contributed by atoms with Gasteiger partial charge in [-0.05, 0) is 37.0 Å². The first kappa shape index (κ1) is 20.7. The van der Waals surface area contributed by atoms with E-state index in [4.69, 9.17) is 16.2 Å². The highest BCUT2D eigenvalue weighted by Crippen LogP contribution is 2.20. The molecular formula is C21H28FN3O2. The van der Waals surface area contributed by atoms with Crippen LogP contribution in [0.15, 0.2) is 61.0 Å². The summed E-state index contributed by atoms with van der Waals surface area (Å²) in [5.41, 5.74) is 12.4. The van der Waals surface area contributed by atoms with Crippen molar-refractivity contribution >= 4 is 5.91 Å². The lowest BCUT2D eigenvalue weighted by Crippen LogP contribution is -2.41. The molecule has 2 atom stereocenters. The summed E-state index contributed by atoms with van der Waals surface area (Å²) >= 11 is 0. The third kappa shape index (κ3) is 6.57. The molecule has 1 fully saturated rings. The van der Waals surface area contributed by atoms with E-state index in [1.165, 1.54) is 6.07 Å². The average molecular weight is 373 g/mol. The van der Waals surface area contributed by atoms with E-state index in [9.17, 15) is 9.18 Å². The first-order valence-electron chi connectivity index (χ1n) is 9.17. The van der Waals surface area contributed by atoms with E-state index < -0.39 is 6.04 Å². The summed E-state index contributed by atoms with van der Waals surface area (Å²) in [7, 11) is 0. The van der Waals surface area contributed by atoms with Crippen molar-refractivity contribution in [3.8, 4) is 0 Å². The average Bonchev–Trinajstić information content (AvgIpc) is 3.11. The van der Waals surface area contributed by atoms with Crippen LogP contribution in [0.2, 0.25) is 0 Å². The van der Waals surface area contributed by atoms with Crippen LogP contribution < -0.4 is 11.5 Å². The maximum absolute atomic E-state index is 13.7. The summed E-state index contributed by atoms with van der Waals surface area (Å²) < 4.78 is 19.3. The molecule has 1 aliphatic rings. The number of carbonyl (C=O) groups is 1. The highest BCUT2D eigenvalue weighted by molar-refractivity contribution is 5.77. The zero-order valence-electron chi connectivity index (χ0n) is 15.5. The zero-order valence-corrected chi connectivity index (χ0v) is 15.5. The molecule has 0 spiro atoms. The molecule has 0 unspecified atom stereocenters. The van der Waals surface area contributed by atoms with E-state index in [2.05, 4.69) is 6.58 Å². The van der Waals surface area contributed by atoms with Crippen molar-refractivity contribution in [2.75, 3.05) is 13.2 Å². The molecule has 0 aliphatic carbocycles. The summed E-state index contributed by atoms with van der Waals surface area (Å²) in [6.45, 7) is 4.60. The summed E-state index contributed by atoms with van der Waals surface area (Å²) in [5.74, 6) is -0.0247. The number of amides is 1. The number of carbonyl (C=O) groups excluding carboxylic acids is 1. The lowest BCUT2D eigenvalue weighted by Gasteiger charge is -2.26. The quantitative estimate of drug-likeness (QED) is 0.515. The predicted molar refractivity (Wildman–Crippen MR) is 105 cm³/mol. The number of hydrogen-bond donors (Lipinski definition) is 2. The smallest absolute Gasteiger partial charge is 0.224 e. The van der Waals surface area contributed by atoms with Gasteiger partial charge in [0.15, 0.2) is 5.88 Å². The van der Waals surface area contributed by atoms with Crippen LogP contribution >= 0.6 is 0 Å². The second kappa shape index (κ2) is 10.5. The molecule has 1 aromatic carbocycles. The van der Waals surface area contributed by atoms with Gasteiger partial charge in [0.1, 0.15) is 12.4 Å². The number of hydrogen-bond acceptors (Lipinski definition) is 4. The van der Waals surface area contributed by atoms with E-state index in [0.717, 1.165) is 12.8 Å². The fourth-order valence-corrected chi connectivity index (χ4v) is 3.17. The van der Waals surface area contributed by atoms with Crippen molar-refractivity contribution in [1.29, 1.82) is 0 Å².